The molecule has 0 saturated carbocycles. The number of carbonyl (C=O) groups excluding carboxylic acids is 1. The molecular weight excluding hydrogens is 290 g/mol. The van der Waals surface area contributed by atoms with Crippen LogP contribution in [-0.2, 0) is 4.79 Å². The van der Waals surface area contributed by atoms with Crippen molar-refractivity contribution in [2.45, 2.75) is 51.9 Å². The fourth-order valence-corrected chi connectivity index (χ4v) is 3.75. The molecule has 1 aromatic rings. The standard InChI is InChI=1S/C19H27NO3/c1-3-5-14(6-4-2)19(21)20-10-9-16(12-20)15-7-8-17-18(11-15)23-13-22-17/h7-8,11,14,16H,3-6,9-10,12-13H2,1-2H3. The number of carbonyl (C=O) groups is 1. The van der Waals surface area contributed by atoms with Crippen molar-refractivity contribution in [1.82, 2.24) is 4.90 Å². The van der Waals surface area contributed by atoms with Gasteiger partial charge in [0.2, 0.25) is 12.7 Å². The number of benzene rings is 1. The Kier molecular flexibility index (Phi) is 5.09. The fourth-order valence-electron chi connectivity index (χ4n) is 3.75. The summed E-state index contributed by atoms with van der Waals surface area (Å²) < 4.78 is 10.8. The van der Waals surface area contributed by atoms with Crippen LogP contribution < -0.4 is 9.47 Å². The molecule has 0 N–H and O–H groups in total. The molecule has 0 spiro atoms. The maximum atomic E-state index is 12.8. The maximum Gasteiger partial charge on any atom is 0.231 e. The summed E-state index contributed by atoms with van der Waals surface area (Å²) in [5, 5.41) is 0. The van der Waals surface area contributed by atoms with Crippen LogP contribution in [0.2, 0.25) is 0 Å². The van der Waals surface area contributed by atoms with Gasteiger partial charge in [0.25, 0.3) is 0 Å². The Hall–Kier alpha value is -1.71. The van der Waals surface area contributed by atoms with Gasteiger partial charge in [-0.05, 0) is 37.0 Å². The molecule has 3 rings (SSSR count). The maximum absolute atomic E-state index is 12.8. The number of hydrogen-bond donors (Lipinski definition) is 0. The van der Waals surface area contributed by atoms with Crippen molar-refractivity contribution in [3.8, 4) is 11.5 Å². The van der Waals surface area contributed by atoms with Gasteiger partial charge in [-0.25, -0.2) is 0 Å². The van der Waals surface area contributed by atoms with Crippen molar-refractivity contribution in [2.24, 2.45) is 5.92 Å². The Morgan fingerprint density at radius 2 is 1.96 bits per heavy atom. The van der Waals surface area contributed by atoms with Crippen LogP contribution in [0.3, 0.4) is 0 Å². The van der Waals surface area contributed by atoms with Crippen molar-refractivity contribution >= 4 is 5.91 Å². The minimum absolute atomic E-state index is 0.209. The molecule has 1 unspecified atom stereocenters. The molecule has 0 aromatic heterocycles. The first-order valence-corrected chi connectivity index (χ1v) is 8.91. The first-order chi connectivity index (χ1) is 11.2. The molecule has 2 aliphatic heterocycles. The van der Waals surface area contributed by atoms with Gasteiger partial charge in [-0.15, -0.1) is 0 Å². The van der Waals surface area contributed by atoms with E-state index in [0.29, 0.717) is 18.6 Å². The van der Waals surface area contributed by atoms with E-state index in [9.17, 15) is 4.79 Å². The number of nitrogens with zero attached hydrogens (tertiary/aromatic N) is 1. The monoisotopic (exact) mass is 317 g/mol. The second kappa shape index (κ2) is 7.24. The lowest BCUT2D eigenvalue weighted by atomic mass is 9.96. The van der Waals surface area contributed by atoms with E-state index in [1.807, 2.05) is 6.07 Å². The van der Waals surface area contributed by atoms with Gasteiger partial charge in [0.1, 0.15) is 0 Å². The zero-order chi connectivity index (χ0) is 16.2. The van der Waals surface area contributed by atoms with Gasteiger partial charge in [0, 0.05) is 24.9 Å². The zero-order valence-corrected chi connectivity index (χ0v) is 14.2. The minimum Gasteiger partial charge on any atom is -0.454 e. The summed E-state index contributed by atoms with van der Waals surface area (Å²) in [4.78, 5) is 14.8. The molecule has 1 amide bonds. The highest BCUT2D eigenvalue weighted by atomic mass is 16.7. The number of amides is 1. The van der Waals surface area contributed by atoms with E-state index in [-0.39, 0.29) is 5.92 Å². The van der Waals surface area contributed by atoms with Crippen molar-refractivity contribution in [2.75, 3.05) is 19.9 Å². The highest BCUT2D eigenvalue weighted by Gasteiger charge is 2.31. The fraction of sp³-hybridized carbons (Fsp3) is 0.632. The highest BCUT2D eigenvalue weighted by Crippen LogP contribution is 2.37. The highest BCUT2D eigenvalue weighted by molar-refractivity contribution is 5.79. The number of hydrogen-bond acceptors (Lipinski definition) is 3. The third-order valence-corrected chi connectivity index (χ3v) is 4.99. The van der Waals surface area contributed by atoms with Gasteiger partial charge < -0.3 is 14.4 Å². The minimum atomic E-state index is 0.209. The SMILES string of the molecule is CCCC(CCC)C(=O)N1CCC(c2ccc3c(c2)OCO3)C1. The summed E-state index contributed by atoms with van der Waals surface area (Å²) in [6.45, 7) is 6.35. The van der Waals surface area contributed by atoms with Crippen molar-refractivity contribution in [1.29, 1.82) is 0 Å². The van der Waals surface area contributed by atoms with Gasteiger partial charge >= 0.3 is 0 Å². The normalized spacial score (nSPS) is 19.6. The van der Waals surface area contributed by atoms with E-state index in [1.165, 1.54) is 5.56 Å². The average Bonchev–Trinajstić information content (AvgIpc) is 3.22. The van der Waals surface area contributed by atoms with Gasteiger partial charge in [0.15, 0.2) is 11.5 Å². The molecule has 2 heterocycles. The van der Waals surface area contributed by atoms with Gasteiger partial charge in [-0.2, -0.15) is 0 Å². The molecule has 1 saturated heterocycles. The first kappa shape index (κ1) is 16.2. The Balaban J connectivity index is 1.64. The summed E-state index contributed by atoms with van der Waals surface area (Å²) in [5.41, 5.74) is 1.26. The molecule has 23 heavy (non-hydrogen) atoms. The lowest BCUT2D eigenvalue weighted by Gasteiger charge is -2.23. The first-order valence-electron chi connectivity index (χ1n) is 8.91. The van der Waals surface area contributed by atoms with E-state index < -0.39 is 0 Å². The molecular formula is C19H27NO3. The van der Waals surface area contributed by atoms with E-state index in [1.54, 1.807) is 0 Å². The van der Waals surface area contributed by atoms with Crippen LogP contribution in [0.1, 0.15) is 57.4 Å². The molecule has 1 fully saturated rings. The van der Waals surface area contributed by atoms with Crippen molar-refractivity contribution in [3.63, 3.8) is 0 Å². The molecule has 4 heteroatoms. The molecule has 0 radical (unpaired) electrons. The van der Waals surface area contributed by atoms with E-state index in [4.69, 9.17) is 9.47 Å². The number of rotatable bonds is 6. The molecule has 0 aliphatic carbocycles. The third kappa shape index (κ3) is 3.46. The van der Waals surface area contributed by atoms with Crippen LogP contribution in [0.4, 0.5) is 0 Å². The lowest BCUT2D eigenvalue weighted by molar-refractivity contribution is -0.135. The number of ether oxygens (including phenoxy) is 2. The summed E-state index contributed by atoms with van der Waals surface area (Å²) in [5.74, 6) is 2.64. The van der Waals surface area contributed by atoms with Crippen molar-refractivity contribution < 1.29 is 14.3 Å². The quantitative estimate of drug-likeness (QED) is 0.797. The molecule has 126 valence electrons. The van der Waals surface area contributed by atoms with Crippen LogP contribution >= 0.6 is 0 Å². The summed E-state index contributed by atoms with van der Waals surface area (Å²) in [7, 11) is 0. The van der Waals surface area contributed by atoms with E-state index in [0.717, 1.165) is 56.7 Å². The molecule has 0 bridgehead atoms. The van der Waals surface area contributed by atoms with E-state index in [2.05, 4.69) is 30.9 Å². The molecule has 1 aromatic carbocycles. The Bertz CT molecular complexity index is 552. The van der Waals surface area contributed by atoms with Crippen LogP contribution in [0.5, 0.6) is 11.5 Å². The average molecular weight is 317 g/mol. The second-order valence-corrected chi connectivity index (χ2v) is 6.66. The third-order valence-electron chi connectivity index (χ3n) is 4.99. The van der Waals surface area contributed by atoms with Crippen LogP contribution in [-0.4, -0.2) is 30.7 Å². The van der Waals surface area contributed by atoms with Gasteiger partial charge in [-0.1, -0.05) is 32.8 Å². The predicted molar refractivity (Wildman–Crippen MR) is 89.8 cm³/mol. The number of fused-ring (bicyclic) bond motifs is 1. The Morgan fingerprint density at radius 3 is 2.70 bits per heavy atom. The van der Waals surface area contributed by atoms with Crippen LogP contribution in [0.25, 0.3) is 0 Å². The summed E-state index contributed by atoms with van der Waals surface area (Å²) >= 11 is 0. The second-order valence-electron chi connectivity index (χ2n) is 6.66. The largest absolute Gasteiger partial charge is 0.454 e. The Morgan fingerprint density at radius 1 is 1.22 bits per heavy atom. The van der Waals surface area contributed by atoms with E-state index >= 15 is 0 Å². The molecule has 1 atom stereocenters. The summed E-state index contributed by atoms with van der Waals surface area (Å²) in [6, 6.07) is 6.18. The lowest BCUT2D eigenvalue weighted by Crippen LogP contribution is -2.34. The van der Waals surface area contributed by atoms with Gasteiger partial charge in [-0.3, -0.25) is 4.79 Å². The smallest absolute Gasteiger partial charge is 0.231 e. The number of likely N-dealkylation sites (tertiary alicyclic amines) is 1. The topological polar surface area (TPSA) is 38.8 Å². The van der Waals surface area contributed by atoms with Crippen LogP contribution in [0, 0.1) is 5.92 Å². The molecule has 2 aliphatic rings. The van der Waals surface area contributed by atoms with Gasteiger partial charge in [0.05, 0.1) is 0 Å². The summed E-state index contributed by atoms with van der Waals surface area (Å²) in [6.07, 6.45) is 5.22. The van der Waals surface area contributed by atoms with Crippen molar-refractivity contribution in [3.05, 3.63) is 23.8 Å². The zero-order valence-electron chi connectivity index (χ0n) is 14.2. The predicted octanol–water partition coefficient (Wildman–Crippen LogP) is 3.95. The molecule has 4 nitrogen and oxygen atoms in total. The van der Waals surface area contributed by atoms with Crippen LogP contribution in [0.15, 0.2) is 18.2 Å². The Labute approximate surface area is 138 Å².